The van der Waals surface area contributed by atoms with Gasteiger partial charge in [0.2, 0.25) is 11.6 Å². The van der Waals surface area contributed by atoms with Crippen LogP contribution in [-0.4, -0.2) is 49.7 Å². The maximum absolute atomic E-state index is 5.93. The first-order valence-corrected chi connectivity index (χ1v) is 10.5. The van der Waals surface area contributed by atoms with Crippen LogP contribution < -0.4 is 19.5 Å². The molecular weight excluding hydrogens is 380 g/mol. The first-order valence-electron chi connectivity index (χ1n) is 10.5. The van der Waals surface area contributed by atoms with Gasteiger partial charge in [0.15, 0.2) is 17.5 Å². The molecule has 0 amide bonds. The third kappa shape index (κ3) is 5.55. The van der Waals surface area contributed by atoms with Gasteiger partial charge in [0.1, 0.15) is 0 Å². The van der Waals surface area contributed by atoms with Crippen molar-refractivity contribution >= 4 is 5.96 Å². The van der Waals surface area contributed by atoms with Gasteiger partial charge in [-0.05, 0) is 43.4 Å². The van der Waals surface area contributed by atoms with Crippen LogP contribution in [0.1, 0.15) is 32.3 Å². The number of para-hydroxylation sites is 1. The van der Waals surface area contributed by atoms with Crippen LogP contribution in [0.25, 0.3) is 0 Å². The average Bonchev–Trinajstić information content (AvgIpc) is 2.78. The predicted molar refractivity (Wildman–Crippen MR) is 119 cm³/mol. The number of aromatic nitrogens is 1. The number of pyridine rings is 1. The molecule has 7 heteroatoms. The monoisotopic (exact) mass is 412 g/mol. The molecule has 0 spiro atoms. The first kappa shape index (κ1) is 21.7. The average molecular weight is 413 g/mol. The highest BCUT2D eigenvalue weighted by atomic mass is 16.5. The summed E-state index contributed by atoms with van der Waals surface area (Å²) < 4.78 is 16.7. The van der Waals surface area contributed by atoms with Crippen molar-refractivity contribution in [1.29, 1.82) is 0 Å². The molecule has 0 atom stereocenters. The van der Waals surface area contributed by atoms with Gasteiger partial charge < -0.3 is 24.4 Å². The van der Waals surface area contributed by atoms with Crippen LogP contribution in [0.2, 0.25) is 0 Å². The van der Waals surface area contributed by atoms with E-state index in [0.717, 1.165) is 37.1 Å². The Hall–Kier alpha value is -2.96. The second-order valence-corrected chi connectivity index (χ2v) is 7.44. The molecule has 1 saturated heterocycles. The third-order valence-electron chi connectivity index (χ3n) is 5.22. The van der Waals surface area contributed by atoms with E-state index in [1.165, 1.54) is 12.8 Å². The number of nitrogens with one attached hydrogen (secondary N) is 1. The van der Waals surface area contributed by atoms with Gasteiger partial charge in [-0.2, -0.15) is 0 Å². The maximum Gasteiger partial charge on any atom is 0.219 e. The van der Waals surface area contributed by atoms with Crippen molar-refractivity contribution in [1.82, 2.24) is 15.2 Å². The fourth-order valence-corrected chi connectivity index (χ4v) is 3.40. The molecule has 0 bridgehead atoms. The number of aliphatic imine (C=N–C) groups is 1. The van der Waals surface area contributed by atoms with Crippen LogP contribution in [0.15, 0.2) is 41.5 Å². The molecule has 0 aliphatic carbocycles. The van der Waals surface area contributed by atoms with Crippen molar-refractivity contribution in [3.63, 3.8) is 0 Å². The van der Waals surface area contributed by atoms with E-state index in [1.54, 1.807) is 20.4 Å². The van der Waals surface area contributed by atoms with Gasteiger partial charge in [-0.25, -0.2) is 9.98 Å². The molecule has 1 aromatic carbocycles. The number of rotatable bonds is 7. The van der Waals surface area contributed by atoms with E-state index in [2.05, 4.69) is 29.0 Å². The summed E-state index contributed by atoms with van der Waals surface area (Å²) in [5.41, 5.74) is 1.02. The van der Waals surface area contributed by atoms with Crippen LogP contribution in [0, 0.1) is 5.92 Å². The van der Waals surface area contributed by atoms with Crippen molar-refractivity contribution in [2.45, 2.75) is 33.2 Å². The van der Waals surface area contributed by atoms with Gasteiger partial charge in [0.25, 0.3) is 0 Å². The van der Waals surface area contributed by atoms with Gasteiger partial charge in [-0.3, -0.25) is 0 Å². The Labute approximate surface area is 179 Å². The fourth-order valence-electron chi connectivity index (χ4n) is 3.40. The lowest BCUT2D eigenvalue weighted by atomic mass is 10.00. The molecule has 1 N–H and O–H groups in total. The number of piperidine rings is 1. The Balaban J connectivity index is 1.67. The molecule has 1 aliphatic heterocycles. The number of likely N-dealkylation sites (tertiary alicyclic amines) is 1. The minimum absolute atomic E-state index is 0.474. The molecular formula is C23H32N4O3. The van der Waals surface area contributed by atoms with E-state index < -0.39 is 0 Å². The summed E-state index contributed by atoms with van der Waals surface area (Å²) in [6.07, 6.45) is 4.22. The van der Waals surface area contributed by atoms with E-state index in [0.29, 0.717) is 29.7 Å². The highest BCUT2D eigenvalue weighted by Crippen LogP contribution is 2.39. The van der Waals surface area contributed by atoms with E-state index in [-0.39, 0.29) is 0 Å². The molecule has 1 aromatic heterocycles. The molecule has 0 saturated carbocycles. The van der Waals surface area contributed by atoms with Gasteiger partial charge >= 0.3 is 0 Å². The van der Waals surface area contributed by atoms with Crippen molar-refractivity contribution in [2.24, 2.45) is 10.9 Å². The van der Waals surface area contributed by atoms with Crippen LogP contribution in [0.4, 0.5) is 0 Å². The van der Waals surface area contributed by atoms with Crippen LogP contribution >= 0.6 is 0 Å². The fraction of sp³-hybridized carbons (Fsp3) is 0.478. The highest BCUT2D eigenvalue weighted by molar-refractivity contribution is 5.80. The lowest BCUT2D eigenvalue weighted by Gasteiger charge is -2.33. The van der Waals surface area contributed by atoms with Gasteiger partial charge in [0.05, 0.1) is 20.8 Å². The van der Waals surface area contributed by atoms with Crippen LogP contribution in [0.3, 0.4) is 0 Å². The van der Waals surface area contributed by atoms with E-state index in [1.807, 2.05) is 30.3 Å². The summed E-state index contributed by atoms with van der Waals surface area (Å²) in [5.74, 6) is 3.94. The molecule has 7 nitrogen and oxygen atoms in total. The molecule has 162 valence electrons. The number of benzene rings is 1. The second kappa shape index (κ2) is 10.7. The van der Waals surface area contributed by atoms with Gasteiger partial charge in [-0.15, -0.1) is 0 Å². The molecule has 1 fully saturated rings. The number of guanidine groups is 1. The Morgan fingerprint density at radius 3 is 2.40 bits per heavy atom. The Morgan fingerprint density at radius 1 is 1.13 bits per heavy atom. The number of hydrogen-bond donors (Lipinski definition) is 1. The largest absolute Gasteiger partial charge is 0.493 e. The number of ether oxygens (including phenoxy) is 3. The summed E-state index contributed by atoms with van der Waals surface area (Å²) >= 11 is 0. The summed E-state index contributed by atoms with van der Waals surface area (Å²) in [6.45, 7) is 7.95. The summed E-state index contributed by atoms with van der Waals surface area (Å²) in [5, 5.41) is 3.41. The van der Waals surface area contributed by atoms with Gasteiger partial charge in [-0.1, -0.05) is 19.1 Å². The van der Waals surface area contributed by atoms with Crippen molar-refractivity contribution in [2.75, 3.05) is 33.9 Å². The van der Waals surface area contributed by atoms with Crippen molar-refractivity contribution in [3.8, 4) is 23.1 Å². The van der Waals surface area contributed by atoms with Crippen molar-refractivity contribution < 1.29 is 14.2 Å². The quantitative estimate of drug-likeness (QED) is 0.546. The van der Waals surface area contributed by atoms with E-state index in [4.69, 9.17) is 19.2 Å². The van der Waals surface area contributed by atoms with E-state index in [9.17, 15) is 0 Å². The van der Waals surface area contributed by atoms with Gasteiger partial charge in [0, 0.05) is 31.9 Å². The normalized spacial score (nSPS) is 15.1. The number of hydrogen-bond acceptors (Lipinski definition) is 5. The molecule has 2 heterocycles. The van der Waals surface area contributed by atoms with Crippen LogP contribution in [0.5, 0.6) is 23.1 Å². The third-order valence-corrected chi connectivity index (χ3v) is 5.22. The SMILES string of the molecule is CCNC(=NCc1ccc(Oc2c(OC)cccc2OC)nc1)N1CCC(C)CC1. The minimum Gasteiger partial charge on any atom is -0.493 e. The standard InChI is InChI=1S/C23H32N4O3/c1-5-24-23(27-13-11-17(2)12-14-27)26-16-18-9-10-21(25-15-18)30-22-19(28-3)7-6-8-20(22)29-4/h6-10,15,17H,5,11-14,16H2,1-4H3,(H,24,26). The Morgan fingerprint density at radius 2 is 1.83 bits per heavy atom. The number of methoxy groups -OCH3 is 2. The van der Waals surface area contributed by atoms with Crippen molar-refractivity contribution in [3.05, 3.63) is 42.1 Å². The lowest BCUT2D eigenvalue weighted by molar-refractivity contribution is 0.273. The summed E-state index contributed by atoms with van der Waals surface area (Å²) in [6, 6.07) is 9.32. The topological polar surface area (TPSA) is 68.2 Å². The predicted octanol–water partition coefficient (Wildman–Crippen LogP) is 4.09. The molecule has 3 rings (SSSR count). The van der Waals surface area contributed by atoms with E-state index >= 15 is 0 Å². The zero-order valence-electron chi connectivity index (χ0n) is 18.4. The van der Waals surface area contributed by atoms with Crippen LogP contribution in [-0.2, 0) is 6.54 Å². The zero-order valence-corrected chi connectivity index (χ0v) is 18.4. The highest BCUT2D eigenvalue weighted by Gasteiger charge is 2.18. The number of nitrogens with zero attached hydrogens (tertiary/aromatic N) is 3. The Bertz CT molecular complexity index is 809. The molecule has 0 unspecified atom stereocenters. The molecule has 30 heavy (non-hydrogen) atoms. The lowest BCUT2D eigenvalue weighted by Crippen LogP contribution is -2.45. The summed E-state index contributed by atoms with van der Waals surface area (Å²) in [7, 11) is 3.20. The Kier molecular flexibility index (Phi) is 7.76. The molecule has 2 aromatic rings. The minimum atomic E-state index is 0.474. The summed E-state index contributed by atoms with van der Waals surface area (Å²) in [4.78, 5) is 11.6. The maximum atomic E-state index is 5.93. The molecule has 1 aliphatic rings. The second-order valence-electron chi connectivity index (χ2n) is 7.44. The zero-order chi connectivity index (χ0) is 21.3. The first-order chi connectivity index (χ1) is 14.6. The smallest absolute Gasteiger partial charge is 0.219 e. The molecule has 0 radical (unpaired) electrons.